The molecule has 4 atom stereocenters. The fourth-order valence-corrected chi connectivity index (χ4v) is 2.95. The summed E-state index contributed by atoms with van der Waals surface area (Å²) >= 11 is 7.88. The first-order chi connectivity index (χ1) is 16.3. The molecule has 0 aromatic carbocycles. The molecule has 0 aromatic heterocycles. The van der Waals surface area contributed by atoms with Gasteiger partial charge in [0.05, 0.1) is 6.54 Å². The standard InChI is InChI=1S/C18H30N6O9S2/c19-8(17(30)31)1-3-13(26)23-11(7-35)16(29)24-9(18(32)33)2-4-14(27)22-10(6-34)15(28)21-5-12(20)25/h8-11,34-35H,1-7,19H2,(H2,20,25)(H,21,28)(H,22,27)(H,23,26)(H,24,29)(H,30,31)(H,32,33)/t8-,9-,10-,11-/m0/s1. The van der Waals surface area contributed by atoms with E-state index in [1.807, 2.05) is 0 Å². The van der Waals surface area contributed by atoms with Crippen LogP contribution in [0.25, 0.3) is 0 Å². The summed E-state index contributed by atoms with van der Waals surface area (Å²) in [6.45, 7) is -0.443. The van der Waals surface area contributed by atoms with Gasteiger partial charge in [-0.3, -0.25) is 28.8 Å². The van der Waals surface area contributed by atoms with Crippen molar-refractivity contribution in [2.45, 2.75) is 49.9 Å². The summed E-state index contributed by atoms with van der Waals surface area (Å²) < 4.78 is 0. The van der Waals surface area contributed by atoms with Crippen LogP contribution in [0.4, 0.5) is 0 Å². The van der Waals surface area contributed by atoms with E-state index in [9.17, 15) is 38.7 Å². The summed E-state index contributed by atoms with van der Waals surface area (Å²) in [5, 5.41) is 27.1. The maximum absolute atomic E-state index is 12.4. The lowest BCUT2D eigenvalue weighted by Gasteiger charge is -2.21. The van der Waals surface area contributed by atoms with E-state index in [1.165, 1.54) is 0 Å². The van der Waals surface area contributed by atoms with Gasteiger partial charge in [0.1, 0.15) is 24.2 Å². The number of aliphatic carboxylic acids is 2. The molecule has 10 N–H and O–H groups in total. The third-order valence-electron chi connectivity index (χ3n) is 4.38. The van der Waals surface area contributed by atoms with E-state index in [0.29, 0.717) is 0 Å². The molecule has 0 rings (SSSR count). The highest BCUT2D eigenvalue weighted by Gasteiger charge is 2.27. The van der Waals surface area contributed by atoms with Crippen molar-refractivity contribution < 1.29 is 43.8 Å². The van der Waals surface area contributed by atoms with Gasteiger partial charge in [-0.1, -0.05) is 0 Å². The average Bonchev–Trinajstić information content (AvgIpc) is 2.79. The van der Waals surface area contributed by atoms with E-state index in [1.54, 1.807) is 0 Å². The second-order valence-corrected chi connectivity index (χ2v) is 7.94. The van der Waals surface area contributed by atoms with Crippen molar-refractivity contribution in [3.05, 3.63) is 0 Å². The Labute approximate surface area is 211 Å². The highest BCUT2D eigenvalue weighted by Crippen LogP contribution is 2.02. The van der Waals surface area contributed by atoms with E-state index in [4.69, 9.17) is 16.6 Å². The first-order valence-electron chi connectivity index (χ1n) is 10.2. The normalized spacial score (nSPS) is 13.9. The van der Waals surface area contributed by atoms with Gasteiger partial charge in [-0.25, -0.2) is 4.79 Å². The molecule has 0 aromatic rings. The number of amides is 5. The zero-order valence-corrected chi connectivity index (χ0v) is 20.3. The molecule has 0 heterocycles. The van der Waals surface area contributed by atoms with Crippen molar-refractivity contribution in [2.24, 2.45) is 11.5 Å². The van der Waals surface area contributed by atoms with Crippen LogP contribution in [0.1, 0.15) is 25.7 Å². The molecule has 35 heavy (non-hydrogen) atoms. The van der Waals surface area contributed by atoms with Gasteiger partial charge in [0.25, 0.3) is 0 Å². The quantitative estimate of drug-likeness (QED) is 0.0801. The number of nitrogens with one attached hydrogen (secondary N) is 4. The summed E-state index contributed by atoms with van der Waals surface area (Å²) in [5.74, 6) is -6.84. The first-order valence-corrected chi connectivity index (χ1v) is 11.5. The summed E-state index contributed by atoms with van der Waals surface area (Å²) in [4.78, 5) is 81.3. The predicted molar refractivity (Wildman–Crippen MR) is 127 cm³/mol. The summed E-state index contributed by atoms with van der Waals surface area (Å²) in [5.41, 5.74) is 10.2. The topological polar surface area (TPSA) is 260 Å². The highest BCUT2D eigenvalue weighted by atomic mass is 32.1. The van der Waals surface area contributed by atoms with Crippen molar-refractivity contribution in [2.75, 3.05) is 18.1 Å². The number of carbonyl (C=O) groups excluding carboxylic acids is 5. The average molecular weight is 539 g/mol. The third kappa shape index (κ3) is 13.4. The van der Waals surface area contributed by atoms with Gasteiger partial charge >= 0.3 is 11.9 Å². The van der Waals surface area contributed by atoms with E-state index in [0.717, 1.165) is 0 Å². The Bertz CT molecular complexity index is 813. The molecule has 0 saturated heterocycles. The Morgan fingerprint density at radius 2 is 1.20 bits per heavy atom. The summed E-state index contributed by atoms with van der Waals surface area (Å²) in [6.07, 6.45) is -1.21. The molecule has 0 saturated carbocycles. The van der Waals surface area contributed by atoms with Gasteiger partial charge in [0, 0.05) is 24.3 Å². The summed E-state index contributed by atoms with van der Waals surface area (Å²) in [6, 6.07) is -5.11. The zero-order valence-electron chi connectivity index (χ0n) is 18.6. The van der Waals surface area contributed by atoms with Crippen molar-refractivity contribution in [3.8, 4) is 0 Å². The number of carbonyl (C=O) groups is 7. The van der Waals surface area contributed by atoms with Gasteiger partial charge in [0.2, 0.25) is 29.5 Å². The zero-order chi connectivity index (χ0) is 27.1. The molecule has 0 aliphatic carbocycles. The molecule has 17 heteroatoms. The number of nitrogens with two attached hydrogens (primary N) is 2. The minimum atomic E-state index is -1.51. The van der Waals surface area contributed by atoms with E-state index < -0.39 is 78.6 Å². The lowest BCUT2D eigenvalue weighted by Crippen LogP contribution is -2.53. The maximum Gasteiger partial charge on any atom is 0.326 e. The van der Waals surface area contributed by atoms with Gasteiger partial charge in [0.15, 0.2) is 0 Å². The van der Waals surface area contributed by atoms with Crippen LogP contribution in [0, 0.1) is 0 Å². The minimum Gasteiger partial charge on any atom is -0.480 e. The van der Waals surface area contributed by atoms with E-state index in [-0.39, 0.29) is 30.8 Å². The van der Waals surface area contributed by atoms with Crippen molar-refractivity contribution in [3.63, 3.8) is 0 Å². The lowest BCUT2D eigenvalue weighted by molar-refractivity contribution is -0.142. The van der Waals surface area contributed by atoms with E-state index in [2.05, 4.69) is 46.5 Å². The largest absolute Gasteiger partial charge is 0.480 e. The van der Waals surface area contributed by atoms with Crippen LogP contribution in [-0.4, -0.2) is 93.9 Å². The van der Waals surface area contributed by atoms with Gasteiger partial charge < -0.3 is 42.9 Å². The monoisotopic (exact) mass is 538 g/mol. The third-order valence-corrected chi connectivity index (χ3v) is 5.11. The molecular formula is C18H30N6O9S2. The molecule has 0 spiro atoms. The van der Waals surface area contributed by atoms with Crippen LogP contribution < -0.4 is 32.7 Å². The number of rotatable bonds is 17. The number of hydrogen-bond donors (Lipinski definition) is 10. The van der Waals surface area contributed by atoms with Crippen molar-refractivity contribution in [1.29, 1.82) is 0 Å². The second kappa shape index (κ2) is 16.6. The number of carboxylic acids is 2. The number of hydrogen-bond acceptors (Lipinski definition) is 10. The van der Waals surface area contributed by atoms with Crippen LogP contribution in [0.2, 0.25) is 0 Å². The SMILES string of the molecule is NC(=O)CNC(=O)[C@H](CS)NC(=O)CC[C@H](NC(=O)[C@H](CS)NC(=O)CC[C@H](N)C(=O)O)C(=O)O. The Hall–Kier alpha value is -3.05. The molecule has 0 radical (unpaired) electrons. The van der Waals surface area contributed by atoms with Gasteiger partial charge in [-0.2, -0.15) is 25.3 Å². The second-order valence-electron chi connectivity index (χ2n) is 7.21. The van der Waals surface area contributed by atoms with Crippen LogP contribution in [-0.2, 0) is 33.6 Å². The molecular weight excluding hydrogens is 508 g/mol. The van der Waals surface area contributed by atoms with Crippen molar-refractivity contribution >= 4 is 66.7 Å². The Kier molecular flexibility index (Phi) is 15.1. The van der Waals surface area contributed by atoms with Crippen LogP contribution in [0.3, 0.4) is 0 Å². The van der Waals surface area contributed by atoms with Crippen LogP contribution in [0.5, 0.6) is 0 Å². The number of carboxylic acid groups (broad SMARTS) is 2. The minimum absolute atomic E-state index is 0.115. The van der Waals surface area contributed by atoms with Crippen LogP contribution in [0.15, 0.2) is 0 Å². The summed E-state index contributed by atoms with van der Waals surface area (Å²) in [7, 11) is 0. The Morgan fingerprint density at radius 1 is 0.714 bits per heavy atom. The number of primary amides is 1. The fourth-order valence-electron chi connectivity index (χ4n) is 2.43. The smallest absolute Gasteiger partial charge is 0.326 e. The van der Waals surface area contributed by atoms with E-state index >= 15 is 0 Å². The van der Waals surface area contributed by atoms with Crippen LogP contribution >= 0.6 is 25.3 Å². The molecule has 0 aliphatic rings. The Morgan fingerprint density at radius 3 is 1.63 bits per heavy atom. The molecule has 5 amide bonds. The maximum atomic E-state index is 12.4. The lowest BCUT2D eigenvalue weighted by atomic mass is 10.1. The highest BCUT2D eigenvalue weighted by molar-refractivity contribution is 7.80. The molecule has 198 valence electrons. The molecule has 0 unspecified atom stereocenters. The van der Waals surface area contributed by atoms with Gasteiger partial charge in [-0.15, -0.1) is 0 Å². The molecule has 15 nitrogen and oxygen atoms in total. The van der Waals surface area contributed by atoms with Crippen molar-refractivity contribution in [1.82, 2.24) is 21.3 Å². The first kappa shape index (κ1) is 31.9. The number of thiol groups is 2. The molecule has 0 fully saturated rings. The fraction of sp³-hybridized carbons (Fsp3) is 0.611. The molecule has 0 bridgehead atoms. The van der Waals surface area contributed by atoms with Gasteiger partial charge in [-0.05, 0) is 12.8 Å². The Balaban J connectivity index is 4.83. The predicted octanol–water partition coefficient (Wildman–Crippen LogP) is -4.04. The molecule has 0 aliphatic heterocycles.